The second-order valence-corrected chi connectivity index (χ2v) is 3.99. The highest BCUT2D eigenvalue weighted by Gasteiger charge is 2.33. The minimum atomic E-state index is -0.233. The number of carbonyl (C=O) groups excluding carboxylic acids is 2. The number of hydrogen-bond acceptors (Lipinski definition) is 4. The lowest BCUT2D eigenvalue weighted by Gasteiger charge is -2.34. The van der Waals surface area contributed by atoms with E-state index in [0.717, 1.165) is 19.4 Å². The fraction of sp³-hybridized carbons (Fsp3) is 0.818. The van der Waals surface area contributed by atoms with Gasteiger partial charge in [-0.2, -0.15) is 0 Å². The van der Waals surface area contributed by atoms with Crippen molar-refractivity contribution in [3.05, 3.63) is 0 Å². The zero-order chi connectivity index (χ0) is 11.3. The molecule has 0 aromatic rings. The molecule has 1 aliphatic heterocycles. The number of piperidine rings is 1. The zero-order valence-electron chi connectivity index (χ0n) is 9.36. The molecule has 1 N–H and O–H groups in total. The summed E-state index contributed by atoms with van der Waals surface area (Å²) in [5, 5.41) is 3.26. The standard InChI is InChI=1S/C11H19NO3/c1-3-10(14)9-5-4-6-12-11(9)8(2)15-7-13/h7-9,11-12H,3-6H2,1-2H3. The van der Waals surface area contributed by atoms with Crippen LogP contribution in [0.2, 0.25) is 0 Å². The fourth-order valence-corrected chi connectivity index (χ4v) is 2.20. The van der Waals surface area contributed by atoms with Gasteiger partial charge in [0, 0.05) is 12.3 Å². The van der Waals surface area contributed by atoms with Gasteiger partial charge in [0.05, 0.1) is 6.04 Å². The van der Waals surface area contributed by atoms with E-state index in [2.05, 4.69) is 5.32 Å². The van der Waals surface area contributed by atoms with Gasteiger partial charge in [-0.15, -0.1) is 0 Å². The molecular formula is C11H19NO3. The van der Waals surface area contributed by atoms with Gasteiger partial charge in [0.15, 0.2) is 0 Å². The maximum Gasteiger partial charge on any atom is 0.293 e. The molecule has 1 heterocycles. The van der Waals surface area contributed by atoms with Crippen LogP contribution in [0.5, 0.6) is 0 Å². The highest BCUT2D eigenvalue weighted by molar-refractivity contribution is 5.81. The summed E-state index contributed by atoms with van der Waals surface area (Å²) < 4.78 is 4.91. The van der Waals surface area contributed by atoms with E-state index in [1.54, 1.807) is 0 Å². The molecule has 1 aliphatic rings. The van der Waals surface area contributed by atoms with E-state index in [1.807, 2.05) is 13.8 Å². The molecule has 0 spiro atoms. The van der Waals surface area contributed by atoms with Gasteiger partial charge in [-0.3, -0.25) is 9.59 Å². The lowest BCUT2D eigenvalue weighted by atomic mass is 9.84. The Bertz CT molecular complexity index is 230. The van der Waals surface area contributed by atoms with Crippen LogP contribution in [0, 0.1) is 5.92 Å². The van der Waals surface area contributed by atoms with Crippen molar-refractivity contribution < 1.29 is 14.3 Å². The maximum atomic E-state index is 11.7. The molecule has 1 fully saturated rings. The van der Waals surface area contributed by atoms with Crippen molar-refractivity contribution in [2.75, 3.05) is 6.54 Å². The van der Waals surface area contributed by atoms with Gasteiger partial charge in [0.2, 0.25) is 0 Å². The monoisotopic (exact) mass is 213 g/mol. The number of ketones is 1. The smallest absolute Gasteiger partial charge is 0.293 e. The second-order valence-electron chi connectivity index (χ2n) is 3.99. The Hall–Kier alpha value is -0.900. The molecule has 0 saturated carbocycles. The fourth-order valence-electron chi connectivity index (χ4n) is 2.20. The Labute approximate surface area is 90.4 Å². The molecule has 0 aromatic heterocycles. The topological polar surface area (TPSA) is 55.4 Å². The number of carbonyl (C=O) groups is 2. The van der Waals surface area contributed by atoms with E-state index in [4.69, 9.17) is 4.74 Å². The average molecular weight is 213 g/mol. The van der Waals surface area contributed by atoms with Crippen LogP contribution in [0.3, 0.4) is 0 Å². The molecule has 0 aliphatic carbocycles. The summed E-state index contributed by atoms with van der Waals surface area (Å²) in [7, 11) is 0. The average Bonchev–Trinajstić information content (AvgIpc) is 2.28. The van der Waals surface area contributed by atoms with Crippen LogP contribution in [0.15, 0.2) is 0 Å². The lowest BCUT2D eigenvalue weighted by Crippen LogP contribution is -2.51. The van der Waals surface area contributed by atoms with Crippen molar-refractivity contribution in [1.82, 2.24) is 5.32 Å². The zero-order valence-corrected chi connectivity index (χ0v) is 9.36. The molecule has 15 heavy (non-hydrogen) atoms. The van der Waals surface area contributed by atoms with Crippen molar-refractivity contribution >= 4 is 12.3 Å². The molecule has 86 valence electrons. The predicted molar refractivity (Wildman–Crippen MR) is 56.4 cm³/mol. The van der Waals surface area contributed by atoms with E-state index in [0.29, 0.717) is 12.9 Å². The van der Waals surface area contributed by atoms with Gasteiger partial charge in [0.25, 0.3) is 6.47 Å². The van der Waals surface area contributed by atoms with Crippen molar-refractivity contribution in [2.24, 2.45) is 5.92 Å². The molecule has 0 radical (unpaired) electrons. The highest BCUT2D eigenvalue weighted by Crippen LogP contribution is 2.22. The molecule has 4 nitrogen and oxygen atoms in total. The van der Waals surface area contributed by atoms with E-state index in [1.165, 1.54) is 0 Å². The molecule has 4 heteroatoms. The molecule has 3 unspecified atom stereocenters. The van der Waals surface area contributed by atoms with Crippen LogP contribution >= 0.6 is 0 Å². The summed E-state index contributed by atoms with van der Waals surface area (Å²) in [5.41, 5.74) is 0. The largest absolute Gasteiger partial charge is 0.463 e. The van der Waals surface area contributed by atoms with E-state index in [9.17, 15) is 9.59 Å². The van der Waals surface area contributed by atoms with Crippen molar-refractivity contribution in [3.8, 4) is 0 Å². The summed E-state index contributed by atoms with van der Waals surface area (Å²) in [4.78, 5) is 22.0. The normalized spacial score (nSPS) is 28.1. The molecule has 0 bridgehead atoms. The maximum absolute atomic E-state index is 11.7. The number of rotatable bonds is 5. The van der Waals surface area contributed by atoms with Gasteiger partial charge >= 0.3 is 0 Å². The summed E-state index contributed by atoms with van der Waals surface area (Å²) in [6.45, 7) is 5.05. The molecular weight excluding hydrogens is 194 g/mol. The number of nitrogens with one attached hydrogen (secondary N) is 1. The van der Waals surface area contributed by atoms with Gasteiger partial charge in [-0.25, -0.2) is 0 Å². The lowest BCUT2D eigenvalue weighted by molar-refractivity contribution is -0.138. The summed E-state index contributed by atoms with van der Waals surface area (Å²) >= 11 is 0. The first-order chi connectivity index (χ1) is 7.20. The van der Waals surface area contributed by atoms with Crippen LogP contribution < -0.4 is 5.32 Å². The molecule has 3 atom stereocenters. The van der Waals surface area contributed by atoms with Crippen LogP contribution in [-0.2, 0) is 14.3 Å². The quantitative estimate of drug-likeness (QED) is 0.689. The third-order valence-corrected chi connectivity index (χ3v) is 3.04. The van der Waals surface area contributed by atoms with Crippen molar-refractivity contribution in [3.63, 3.8) is 0 Å². The van der Waals surface area contributed by atoms with Crippen LogP contribution in [-0.4, -0.2) is 30.9 Å². The molecule has 0 amide bonds. The Morgan fingerprint density at radius 3 is 3.00 bits per heavy atom. The van der Waals surface area contributed by atoms with Gasteiger partial charge in [-0.1, -0.05) is 6.92 Å². The van der Waals surface area contributed by atoms with Gasteiger partial charge in [-0.05, 0) is 26.3 Å². The predicted octanol–water partition coefficient (Wildman–Crippen LogP) is 0.895. The summed E-state index contributed by atoms with van der Waals surface area (Å²) in [5.74, 6) is 0.257. The SMILES string of the molecule is CCC(=O)C1CCCNC1C(C)OC=O. The first-order valence-electron chi connectivity index (χ1n) is 5.56. The molecule has 0 aromatic carbocycles. The summed E-state index contributed by atoms with van der Waals surface area (Å²) in [6, 6.07) is -0.0172. The van der Waals surface area contributed by atoms with Crippen molar-refractivity contribution in [2.45, 2.75) is 45.3 Å². The minimum Gasteiger partial charge on any atom is -0.463 e. The third kappa shape index (κ3) is 3.02. The van der Waals surface area contributed by atoms with Crippen LogP contribution in [0.1, 0.15) is 33.1 Å². The van der Waals surface area contributed by atoms with Crippen LogP contribution in [0.4, 0.5) is 0 Å². The van der Waals surface area contributed by atoms with Gasteiger partial charge < -0.3 is 10.1 Å². The third-order valence-electron chi connectivity index (χ3n) is 3.04. The molecule has 1 rings (SSSR count). The number of Topliss-reactive ketones (excluding diaryl/α,β-unsaturated/α-hetero) is 1. The Morgan fingerprint density at radius 1 is 1.67 bits per heavy atom. The minimum absolute atomic E-state index is 0.00120. The first kappa shape index (κ1) is 12.2. The van der Waals surface area contributed by atoms with E-state index < -0.39 is 0 Å². The Morgan fingerprint density at radius 2 is 2.40 bits per heavy atom. The van der Waals surface area contributed by atoms with Gasteiger partial charge in [0.1, 0.15) is 11.9 Å². The molecule has 1 saturated heterocycles. The first-order valence-corrected chi connectivity index (χ1v) is 5.56. The van der Waals surface area contributed by atoms with Crippen LogP contribution in [0.25, 0.3) is 0 Å². The van der Waals surface area contributed by atoms with E-state index >= 15 is 0 Å². The number of ether oxygens (including phenoxy) is 1. The summed E-state index contributed by atoms with van der Waals surface area (Å²) in [6.07, 6.45) is 2.23. The second kappa shape index (κ2) is 5.85. The van der Waals surface area contributed by atoms with Crippen molar-refractivity contribution in [1.29, 1.82) is 0 Å². The Balaban J connectivity index is 2.64. The highest BCUT2D eigenvalue weighted by atomic mass is 16.5. The number of hydrogen-bond donors (Lipinski definition) is 1. The van der Waals surface area contributed by atoms with E-state index in [-0.39, 0.29) is 23.8 Å². The Kier molecular flexibility index (Phi) is 4.75.